The fraction of sp³-hybridized carbons (Fsp3) is 0.476. The third kappa shape index (κ3) is 4.21. The molecule has 26 heavy (non-hydrogen) atoms. The fourth-order valence-electron chi connectivity index (χ4n) is 3.36. The molecule has 1 fully saturated rings. The zero-order valence-electron chi connectivity index (χ0n) is 15.9. The van der Waals surface area contributed by atoms with Crippen LogP contribution in [-0.4, -0.2) is 35.2 Å². The Bertz CT molecular complexity index is 744. The van der Waals surface area contributed by atoms with Gasteiger partial charge in [0.25, 0.3) is 0 Å². The Hall–Kier alpha value is -2.43. The van der Waals surface area contributed by atoms with E-state index in [2.05, 4.69) is 46.4 Å². The van der Waals surface area contributed by atoms with E-state index in [0.29, 0.717) is 6.54 Å². The minimum Gasteiger partial charge on any atom is -0.354 e. The highest BCUT2D eigenvalue weighted by atomic mass is 16.2. The zero-order valence-corrected chi connectivity index (χ0v) is 15.9. The van der Waals surface area contributed by atoms with Crippen molar-refractivity contribution in [3.05, 3.63) is 42.0 Å². The van der Waals surface area contributed by atoms with Crippen molar-refractivity contribution in [2.75, 3.05) is 18.0 Å². The maximum atomic E-state index is 12.4. The summed E-state index contributed by atoms with van der Waals surface area (Å²) >= 11 is 0. The molecule has 2 aromatic rings. The number of carbonyl (C=O) groups is 1. The zero-order chi connectivity index (χ0) is 18.5. The van der Waals surface area contributed by atoms with Crippen LogP contribution in [0.3, 0.4) is 0 Å². The van der Waals surface area contributed by atoms with Gasteiger partial charge in [0, 0.05) is 24.7 Å². The van der Waals surface area contributed by atoms with E-state index < -0.39 is 0 Å². The lowest BCUT2D eigenvalue weighted by Crippen LogP contribution is -2.45. The van der Waals surface area contributed by atoms with Crippen molar-refractivity contribution >= 4 is 11.7 Å². The number of carbonyl (C=O) groups excluding carboxylic acids is 1. The van der Waals surface area contributed by atoms with Gasteiger partial charge < -0.3 is 10.2 Å². The molecule has 138 valence electrons. The first kappa shape index (κ1) is 18.4. The second-order valence-corrected chi connectivity index (χ2v) is 7.19. The lowest BCUT2D eigenvalue weighted by Gasteiger charge is -2.33. The third-order valence-corrected chi connectivity index (χ3v) is 5.19. The maximum absolute atomic E-state index is 12.4. The standard InChI is InChI=1S/C21H28N4O/c1-4-16(3)22-21(26)17-9-7-13-25(14-17)20-12-11-19(23-24-20)18-10-6-5-8-15(18)2/h5-6,8,10-12,16-17H,4,7,9,13-14H2,1-3H3,(H,22,26). The van der Waals surface area contributed by atoms with Crippen molar-refractivity contribution in [3.63, 3.8) is 0 Å². The van der Waals surface area contributed by atoms with Crippen LogP contribution in [0.5, 0.6) is 0 Å². The molecule has 1 amide bonds. The molecule has 1 N–H and O–H groups in total. The normalized spacial score (nSPS) is 18.4. The number of piperidine rings is 1. The van der Waals surface area contributed by atoms with E-state index in [1.807, 2.05) is 31.2 Å². The van der Waals surface area contributed by atoms with Crippen molar-refractivity contribution in [1.29, 1.82) is 0 Å². The molecule has 0 aliphatic carbocycles. The molecule has 0 saturated carbocycles. The molecule has 0 bridgehead atoms. The van der Waals surface area contributed by atoms with Crippen LogP contribution in [0.1, 0.15) is 38.7 Å². The summed E-state index contributed by atoms with van der Waals surface area (Å²) < 4.78 is 0. The van der Waals surface area contributed by atoms with E-state index in [0.717, 1.165) is 42.9 Å². The van der Waals surface area contributed by atoms with Crippen LogP contribution in [0.25, 0.3) is 11.3 Å². The largest absolute Gasteiger partial charge is 0.354 e. The van der Waals surface area contributed by atoms with E-state index >= 15 is 0 Å². The molecule has 1 aromatic carbocycles. The Morgan fingerprint density at radius 3 is 2.77 bits per heavy atom. The average molecular weight is 352 g/mol. The summed E-state index contributed by atoms with van der Waals surface area (Å²) in [7, 11) is 0. The van der Waals surface area contributed by atoms with Gasteiger partial charge in [0.1, 0.15) is 0 Å². The minimum atomic E-state index is 0.0237. The molecular formula is C21H28N4O. The van der Waals surface area contributed by atoms with Crippen molar-refractivity contribution in [1.82, 2.24) is 15.5 Å². The van der Waals surface area contributed by atoms with Crippen LogP contribution in [0.4, 0.5) is 5.82 Å². The third-order valence-electron chi connectivity index (χ3n) is 5.19. The lowest BCUT2D eigenvalue weighted by atomic mass is 9.96. The van der Waals surface area contributed by atoms with E-state index in [-0.39, 0.29) is 17.9 Å². The molecule has 0 radical (unpaired) electrons. The molecule has 0 spiro atoms. The van der Waals surface area contributed by atoms with Gasteiger partial charge in [-0.1, -0.05) is 31.2 Å². The van der Waals surface area contributed by atoms with Crippen LogP contribution in [-0.2, 0) is 4.79 Å². The van der Waals surface area contributed by atoms with E-state index in [1.165, 1.54) is 5.56 Å². The molecule has 2 atom stereocenters. The Morgan fingerprint density at radius 1 is 1.27 bits per heavy atom. The molecule has 3 rings (SSSR count). The number of hydrogen-bond donors (Lipinski definition) is 1. The molecule has 1 aliphatic rings. The summed E-state index contributed by atoms with van der Waals surface area (Å²) in [6, 6.07) is 12.5. The summed E-state index contributed by atoms with van der Waals surface area (Å²) in [6.45, 7) is 7.85. The summed E-state index contributed by atoms with van der Waals surface area (Å²) in [5.74, 6) is 1.03. The molecule has 1 saturated heterocycles. The fourth-order valence-corrected chi connectivity index (χ4v) is 3.36. The first-order valence-electron chi connectivity index (χ1n) is 9.53. The molecule has 5 nitrogen and oxygen atoms in total. The predicted molar refractivity (Wildman–Crippen MR) is 105 cm³/mol. The number of amides is 1. The van der Waals surface area contributed by atoms with Gasteiger partial charge in [-0.05, 0) is 50.8 Å². The molecular weight excluding hydrogens is 324 g/mol. The summed E-state index contributed by atoms with van der Waals surface area (Å²) in [4.78, 5) is 14.6. The number of aromatic nitrogens is 2. The number of hydrogen-bond acceptors (Lipinski definition) is 4. The number of benzene rings is 1. The van der Waals surface area contributed by atoms with Crippen molar-refractivity contribution in [2.45, 2.75) is 46.1 Å². The van der Waals surface area contributed by atoms with E-state index in [9.17, 15) is 4.79 Å². The summed E-state index contributed by atoms with van der Waals surface area (Å²) in [5.41, 5.74) is 3.18. The predicted octanol–water partition coefficient (Wildman–Crippen LogP) is 3.58. The van der Waals surface area contributed by atoms with Crippen molar-refractivity contribution < 1.29 is 4.79 Å². The van der Waals surface area contributed by atoms with Gasteiger partial charge in [-0.3, -0.25) is 4.79 Å². The first-order valence-corrected chi connectivity index (χ1v) is 9.53. The summed E-state index contributed by atoms with van der Waals surface area (Å²) in [6.07, 6.45) is 2.89. The molecule has 1 aromatic heterocycles. The molecule has 2 unspecified atom stereocenters. The highest BCUT2D eigenvalue weighted by molar-refractivity contribution is 5.79. The Balaban J connectivity index is 1.69. The van der Waals surface area contributed by atoms with Crippen molar-refractivity contribution in [3.8, 4) is 11.3 Å². The number of aryl methyl sites for hydroxylation is 1. The van der Waals surface area contributed by atoms with Gasteiger partial charge in [0.15, 0.2) is 5.82 Å². The summed E-state index contributed by atoms with van der Waals surface area (Å²) in [5, 5.41) is 12.0. The lowest BCUT2D eigenvalue weighted by molar-refractivity contribution is -0.125. The Labute approximate surface area is 155 Å². The topological polar surface area (TPSA) is 58.1 Å². The maximum Gasteiger partial charge on any atom is 0.225 e. The average Bonchev–Trinajstić information content (AvgIpc) is 2.68. The van der Waals surface area contributed by atoms with Crippen molar-refractivity contribution in [2.24, 2.45) is 5.92 Å². The van der Waals surface area contributed by atoms with Crippen LogP contribution < -0.4 is 10.2 Å². The monoisotopic (exact) mass is 352 g/mol. The van der Waals surface area contributed by atoms with Gasteiger partial charge in [-0.2, -0.15) is 0 Å². The second-order valence-electron chi connectivity index (χ2n) is 7.19. The quantitative estimate of drug-likeness (QED) is 0.893. The van der Waals surface area contributed by atoms with Gasteiger partial charge >= 0.3 is 0 Å². The number of nitrogens with zero attached hydrogens (tertiary/aromatic N) is 3. The second kappa shape index (κ2) is 8.30. The van der Waals surface area contributed by atoms with Crippen LogP contribution in [0.2, 0.25) is 0 Å². The molecule has 1 aliphatic heterocycles. The minimum absolute atomic E-state index is 0.0237. The highest BCUT2D eigenvalue weighted by Gasteiger charge is 2.27. The number of rotatable bonds is 5. The van der Waals surface area contributed by atoms with Crippen LogP contribution in [0.15, 0.2) is 36.4 Å². The molecule has 5 heteroatoms. The van der Waals surface area contributed by atoms with Gasteiger partial charge in [0.05, 0.1) is 11.6 Å². The van der Waals surface area contributed by atoms with E-state index in [1.54, 1.807) is 0 Å². The number of nitrogens with one attached hydrogen (secondary N) is 1. The van der Waals surface area contributed by atoms with Crippen LogP contribution >= 0.6 is 0 Å². The first-order chi connectivity index (χ1) is 12.6. The van der Waals surface area contributed by atoms with Gasteiger partial charge in [0.2, 0.25) is 5.91 Å². The highest BCUT2D eigenvalue weighted by Crippen LogP contribution is 2.25. The van der Waals surface area contributed by atoms with Gasteiger partial charge in [-0.15, -0.1) is 10.2 Å². The Kier molecular flexibility index (Phi) is 5.86. The Morgan fingerprint density at radius 2 is 2.08 bits per heavy atom. The van der Waals surface area contributed by atoms with E-state index in [4.69, 9.17) is 0 Å². The smallest absolute Gasteiger partial charge is 0.225 e. The SMILES string of the molecule is CCC(C)NC(=O)C1CCCN(c2ccc(-c3ccccc3C)nn2)C1. The van der Waals surface area contributed by atoms with Crippen LogP contribution in [0, 0.1) is 12.8 Å². The molecule has 2 heterocycles. The number of anilines is 1. The van der Waals surface area contributed by atoms with Gasteiger partial charge in [-0.25, -0.2) is 0 Å².